The summed E-state index contributed by atoms with van der Waals surface area (Å²) in [5.74, 6) is -0.190. The Balaban J connectivity index is 1.52. The van der Waals surface area contributed by atoms with Crippen LogP contribution in [0, 0.1) is 11.3 Å². The highest BCUT2D eigenvalue weighted by Crippen LogP contribution is 2.54. The third-order valence-electron chi connectivity index (χ3n) is 5.33. The normalized spacial score (nSPS) is 26.3. The van der Waals surface area contributed by atoms with Crippen LogP contribution in [0.25, 0.3) is 0 Å². The molecule has 1 aromatic rings. The van der Waals surface area contributed by atoms with Gasteiger partial charge in [0, 0.05) is 18.0 Å². The molecule has 2 heterocycles. The fourth-order valence-corrected chi connectivity index (χ4v) is 4.03. The molecule has 1 aliphatic heterocycles. The van der Waals surface area contributed by atoms with Crippen LogP contribution in [-0.4, -0.2) is 52.7 Å². The second-order valence-corrected chi connectivity index (χ2v) is 8.58. The van der Waals surface area contributed by atoms with E-state index >= 15 is 0 Å². The maximum atomic E-state index is 12.5. The zero-order chi connectivity index (χ0) is 20.5. The van der Waals surface area contributed by atoms with Crippen molar-refractivity contribution < 1.29 is 19.5 Å². The molecule has 0 spiro atoms. The Morgan fingerprint density at radius 3 is 2.75 bits per heavy atom. The van der Waals surface area contributed by atoms with Gasteiger partial charge >= 0.3 is 6.09 Å². The fourth-order valence-electron chi connectivity index (χ4n) is 3.69. The maximum absolute atomic E-state index is 12.5. The molecule has 3 unspecified atom stereocenters. The number of carbonyl (C=O) groups excluding carboxylic acids is 2. The van der Waals surface area contributed by atoms with Crippen LogP contribution in [0.4, 0.5) is 10.6 Å². The van der Waals surface area contributed by atoms with Crippen LogP contribution in [0.15, 0.2) is 22.8 Å². The third kappa shape index (κ3) is 4.61. The molecule has 0 radical (unpaired) electrons. The van der Waals surface area contributed by atoms with E-state index in [0.29, 0.717) is 23.4 Å². The minimum absolute atomic E-state index is 0.156. The first kappa shape index (κ1) is 20.5. The predicted octanol–water partition coefficient (Wildman–Crippen LogP) is 1.31. The summed E-state index contributed by atoms with van der Waals surface area (Å²) in [6.45, 7) is 3.98. The van der Waals surface area contributed by atoms with Gasteiger partial charge in [-0.25, -0.2) is 9.78 Å². The van der Waals surface area contributed by atoms with Crippen LogP contribution in [0.1, 0.15) is 26.7 Å². The molecule has 9 nitrogen and oxygen atoms in total. The number of carboxylic acid groups (broad SMARTS) is 1. The molecule has 2 fully saturated rings. The smallest absolute Gasteiger partial charge is 0.405 e. The summed E-state index contributed by atoms with van der Waals surface area (Å²) >= 11 is 3.27. The van der Waals surface area contributed by atoms with Gasteiger partial charge in [-0.2, -0.15) is 0 Å². The van der Waals surface area contributed by atoms with Crippen molar-refractivity contribution in [2.45, 2.75) is 44.8 Å². The number of carbonyl (C=O) groups is 3. The molecule has 1 aliphatic carbocycles. The number of rotatable bonds is 7. The van der Waals surface area contributed by atoms with E-state index in [1.807, 2.05) is 0 Å². The number of halogens is 1. The molecule has 3 rings (SSSR count). The Morgan fingerprint density at radius 2 is 2.11 bits per heavy atom. The first-order chi connectivity index (χ1) is 13.2. The van der Waals surface area contributed by atoms with Crippen molar-refractivity contribution in [2.24, 2.45) is 11.3 Å². The largest absolute Gasteiger partial charge is 0.465 e. The van der Waals surface area contributed by atoms with Gasteiger partial charge in [0.1, 0.15) is 16.5 Å². The van der Waals surface area contributed by atoms with E-state index in [1.165, 1.54) is 0 Å². The number of nitrogens with one attached hydrogen (secondary N) is 4. The fraction of sp³-hybridized carbons (Fsp3) is 0.556. The van der Waals surface area contributed by atoms with Crippen LogP contribution in [0.3, 0.4) is 0 Å². The molecule has 4 atom stereocenters. The van der Waals surface area contributed by atoms with Crippen molar-refractivity contribution in [3.8, 4) is 0 Å². The Bertz CT molecular complexity index is 789. The highest BCUT2D eigenvalue weighted by atomic mass is 79.9. The summed E-state index contributed by atoms with van der Waals surface area (Å²) in [7, 11) is 0. The van der Waals surface area contributed by atoms with Gasteiger partial charge in [0.2, 0.25) is 11.8 Å². The summed E-state index contributed by atoms with van der Waals surface area (Å²) < 4.78 is 0.640. The number of aromatic nitrogens is 1. The number of hydrogen-bond acceptors (Lipinski definition) is 5. The minimum atomic E-state index is -1.23. The Morgan fingerprint density at radius 1 is 1.36 bits per heavy atom. The summed E-state index contributed by atoms with van der Waals surface area (Å²) in [4.78, 5) is 40.0. The first-order valence-corrected chi connectivity index (χ1v) is 9.96. The lowest BCUT2D eigenvalue weighted by Gasteiger charge is -2.22. The molecule has 0 aromatic carbocycles. The molecule has 1 saturated heterocycles. The van der Waals surface area contributed by atoms with E-state index in [-0.39, 0.29) is 35.2 Å². The average Bonchev–Trinajstić information content (AvgIpc) is 3.17. The first-order valence-electron chi connectivity index (χ1n) is 9.17. The van der Waals surface area contributed by atoms with E-state index in [4.69, 9.17) is 5.11 Å². The Hall–Kier alpha value is -2.20. The molecular weight excluding hydrogens is 430 g/mol. The summed E-state index contributed by atoms with van der Waals surface area (Å²) in [6, 6.07) is 4.30. The van der Waals surface area contributed by atoms with E-state index in [2.05, 4.69) is 42.2 Å². The van der Waals surface area contributed by atoms with Crippen LogP contribution in [-0.2, 0) is 9.59 Å². The van der Waals surface area contributed by atoms with E-state index in [1.54, 1.807) is 32.0 Å². The van der Waals surface area contributed by atoms with Crippen molar-refractivity contribution in [3.05, 3.63) is 22.8 Å². The lowest BCUT2D eigenvalue weighted by atomic mass is 9.98. The van der Waals surface area contributed by atoms with Crippen LogP contribution in [0.5, 0.6) is 0 Å². The van der Waals surface area contributed by atoms with Crippen molar-refractivity contribution in [2.75, 3.05) is 11.9 Å². The maximum Gasteiger partial charge on any atom is 0.405 e. The summed E-state index contributed by atoms with van der Waals surface area (Å²) in [5, 5.41) is 20.1. The standard InChI is InChI=1S/C18H24BrN5O4/c1-9(2)14(24-17(27)28)16(26)20-8-18-6-10(21-11(18)7-18)15(25)23-13-5-3-4-12(19)22-13/h3-5,9-11,14,21,24H,6-8H2,1-2H3,(H,20,26)(H,27,28)(H,22,23,25)/t10-,11?,14?,18?/m0/s1. The SMILES string of the molecule is CC(C)C(NC(=O)O)C(=O)NCC12CC1N[C@H](C(=O)Nc1cccc(Br)n1)C2. The van der Waals surface area contributed by atoms with Gasteiger partial charge in [-0.05, 0) is 46.8 Å². The topological polar surface area (TPSA) is 132 Å². The quantitative estimate of drug-likeness (QED) is 0.395. The number of piperidine rings is 1. The van der Waals surface area contributed by atoms with Crippen molar-refractivity contribution in [3.63, 3.8) is 0 Å². The molecule has 28 heavy (non-hydrogen) atoms. The van der Waals surface area contributed by atoms with E-state index in [9.17, 15) is 14.4 Å². The van der Waals surface area contributed by atoms with E-state index < -0.39 is 12.1 Å². The van der Waals surface area contributed by atoms with Crippen LogP contribution in [0.2, 0.25) is 0 Å². The molecule has 5 N–H and O–H groups in total. The molecule has 10 heteroatoms. The second kappa shape index (κ2) is 8.04. The molecule has 3 amide bonds. The van der Waals surface area contributed by atoms with E-state index in [0.717, 1.165) is 6.42 Å². The van der Waals surface area contributed by atoms with Gasteiger partial charge in [0.05, 0.1) is 6.04 Å². The number of pyridine rings is 1. The molecule has 2 aliphatic rings. The van der Waals surface area contributed by atoms with Crippen LogP contribution >= 0.6 is 15.9 Å². The van der Waals surface area contributed by atoms with Crippen molar-refractivity contribution in [1.29, 1.82) is 0 Å². The summed E-state index contributed by atoms with van der Waals surface area (Å²) in [5.41, 5.74) is -0.160. The van der Waals surface area contributed by atoms with Gasteiger partial charge < -0.3 is 26.4 Å². The van der Waals surface area contributed by atoms with Crippen molar-refractivity contribution >= 4 is 39.7 Å². The third-order valence-corrected chi connectivity index (χ3v) is 5.77. The molecular formula is C18H24BrN5O4. The monoisotopic (exact) mass is 453 g/mol. The molecule has 1 aromatic heterocycles. The highest BCUT2D eigenvalue weighted by molar-refractivity contribution is 9.10. The molecule has 152 valence electrons. The predicted molar refractivity (Wildman–Crippen MR) is 106 cm³/mol. The lowest BCUT2D eigenvalue weighted by Crippen LogP contribution is -2.50. The lowest BCUT2D eigenvalue weighted by molar-refractivity contribution is -0.124. The van der Waals surface area contributed by atoms with Gasteiger partial charge in [-0.1, -0.05) is 19.9 Å². The number of anilines is 1. The highest BCUT2D eigenvalue weighted by Gasteiger charge is 2.61. The molecule has 0 bridgehead atoms. The van der Waals surface area contributed by atoms with Gasteiger partial charge in [-0.15, -0.1) is 0 Å². The number of amides is 3. The average molecular weight is 454 g/mol. The van der Waals surface area contributed by atoms with Gasteiger partial charge in [0.15, 0.2) is 0 Å². The van der Waals surface area contributed by atoms with Crippen LogP contribution < -0.4 is 21.3 Å². The van der Waals surface area contributed by atoms with Crippen molar-refractivity contribution in [1.82, 2.24) is 20.9 Å². The Kier molecular flexibility index (Phi) is 5.90. The Labute approximate surface area is 171 Å². The molecule has 1 saturated carbocycles. The summed E-state index contributed by atoms with van der Waals surface area (Å²) in [6.07, 6.45) is 0.262. The number of nitrogens with zero attached hydrogens (tertiary/aromatic N) is 1. The zero-order valence-electron chi connectivity index (χ0n) is 15.7. The number of fused-ring (bicyclic) bond motifs is 1. The minimum Gasteiger partial charge on any atom is -0.465 e. The van der Waals surface area contributed by atoms with Gasteiger partial charge in [-0.3, -0.25) is 9.59 Å². The zero-order valence-corrected chi connectivity index (χ0v) is 17.2. The number of hydrogen-bond donors (Lipinski definition) is 5. The second-order valence-electron chi connectivity index (χ2n) is 7.77. The van der Waals surface area contributed by atoms with Gasteiger partial charge in [0.25, 0.3) is 0 Å².